The Balaban J connectivity index is 2.33. The maximum atomic E-state index is 4.85. The maximum absolute atomic E-state index is 4.85. The van der Waals surface area contributed by atoms with Gasteiger partial charge < -0.3 is 9.13 Å². The summed E-state index contributed by atoms with van der Waals surface area (Å²) in [6.45, 7) is 21.0. The molecule has 5 heteroatoms. The van der Waals surface area contributed by atoms with Crippen LogP contribution in [0.25, 0.3) is 0 Å². The van der Waals surface area contributed by atoms with Crippen LogP contribution in [0.1, 0.15) is 27.7 Å². The van der Waals surface area contributed by atoms with Crippen LogP contribution in [0, 0.1) is 0 Å². The third-order valence-electron chi connectivity index (χ3n) is 9.15. The predicted molar refractivity (Wildman–Crippen MR) is 183 cm³/mol. The molecule has 4 aromatic carbocycles. The highest BCUT2D eigenvalue weighted by molar-refractivity contribution is 7.78. The Bertz CT molecular complexity index is 1140. The van der Waals surface area contributed by atoms with Crippen molar-refractivity contribution in [1.29, 1.82) is 0 Å². The first kappa shape index (κ1) is 30.2. The number of hydrogen-bond acceptors (Lipinski definition) is 2. The molecule has 0 fully saturated rings. The molecule has 40 heavy (non-hydrogen) atoms. The summed E-state index contributed by atoms with van der Waals surface area (Å²) in [7, 11) is -7.87. The first-order valence-corrected chi connectivity index (χ1v) is 23.4. The highest BCUT2D eigenvalue weighted by Crippen LogP contribution is 2.35. The molecule has 4 rings (SSSR count). The molecule has 4 aromatic rings. The van der Waals surface area contributed by atoms with Gasteiger partial charge in [0, 0.05) is 0 Å². The average molecular weight is 579 g/mol. The van der Waals surface area contributed by atoms with Crippen LogP contribution < -0.4 is 20.7 Å². The fourth-order valence-electron chi connectivity index (χ4n) is 7.59. The summed E-state index contributed by atoms with van der Waals surface area (Å²) in [4.78, 5) is 0. The topological polar surface area (TPSA) is 6.48 Å². The van der Waals surface area contributed by atoms with Crippen molar-refractivity contribution in [2.75, 3.05) is 26.2 Å². The van der Waals surface area contributed by atoms with E-state index in [1.807, 2.05) is 0 Å². The van der Waals surface area contributed by atoms with Crippen molar-refractivity contribution in [3.8, 4) is 0 Å². The van der Waals surface area contributed by atoms with Crippen molar-refractivity contribution in [1.82, 2.24) is 9.13 Å². The largest absolute Gasteiger partial charge is 0.319 e. The van der Waals surface area contributed by atoms with Gasteiger partial charge in [-0.1, -0.05) is 156 Å². The van der Waals surface area contributed by atoms with E-state index in [1.54, 1.807) is 0 Å². The second-order valence-electron chi connectivity index (χ2n) is 10.6. The van der Waals surface area contributed by atoms with Crippen molar-refractivity contribution in [2.45, 2.75) is 34.2 Å². The second-order valence-corrected chi connectivity index (χ2v) is 31.9. The first-order chi connectivity index (χ1) is 19.5. The zero-order chi connectivity index (χ0) is 28.6. The van der Waals surface area contributed by atoms with Crippen molar-refractivity contribution in [3.05, 3.63) is 134 Å². The van der Waals surface area contributed by atoms with E-state index in [0.717, 1.165) is 26.2 Å². The Hall–Kier alpha value is -2.81. The van der Waals surface area contributed by atoms with Crippen LogP contribution in [0.4, 0.5) is 0 Å². The number of hydrogen-bond donors (Lipinski definition) is 0. The van der Waals surface area contributed by atoms with Crippen LogP contribution >= 0.6 is 0 Å². The molecule has 0 aliphatic heterocycles. The van der Waals surface area contributed by atoms with Crippen molar-refractivity contribution in [2.24, 2.45) is 0 Å². The molecule has 2 nitrogen and oxygen atoms in total. The van der Waals surface area contributed by atoms with E-state index in [0.29, 0.717) is 0 Å². The lowest BCUT2D eigenvalue weighted by molar-refractivity contribution is 0.478. The zero-order valence-corrected chi connectivity index (χ0v) is 28.1. The van der Waals surface area contributed by atoms with Gasteiger partial charge in [0.15, 0.2) is 15.5 Å². The lowest BCUT2D eigenvalue weighted by Crippen LogP contribution is -2.97. The molecule has 0 radical (unpaired) electrons. The van der Waals surface area contributed by atoms with Crippen LogP contribution in [-0.2, 0) is 0 Å². The molecule has 0 unspecified atom stereocenters. The molecule has 0 aromatic heterocycles. The fraction of sp³-hybridized carbons (Fsp3) is 0.257. The van der Waals surface area contributed by atoms with Crippen molar-refractivity contribution >= 4 is 43.4 Å². The Labute approximate surface area is 245 Å². The van der Waals surface area contributed by atoms with Crippen molar-refractivity contribution in [3.63, 3.8) is 0 Å². The quantitative estimate of drug-likeness (QED) is 0.203. The standard InChI is InChI=1S/C35H46N2Si3/c1-7-36(8-2)39(32-24-16-12-17-25-32,33-26-18-13-19-27-33)38(6,11-5)40(37(9-3)10-4,34-28-20-14-21-29-34)35-30-22-15-23-31-35/h11-31H,5,7-10H2,1-4,6H3. The minimum atomic E-state index is -2.65. The summed E-state index contributed by atoms with van der Waals surface area (Å²) in [5, 5.41) is 6.04. The van der Waals surface area contributed by atoms with Crippen molar-refractivity contribution < 1.29 is 0 Å². The molecule has 0 bridgehead atoms. The molecule has 0 atom stereocenters. The van der Waals surface area contributed by atoms with Gasteiger partial charge >= 0.3 is 0 Å². The van der Waals surface area contributed by atoms with E-state index in [4.69, 9.17) is 6.58 Å². The van der Waals surface area contributed by atoms with Gasteiger partial charge in [-0.2, -0.15) is 0 Å². The fourth-order valence-corrected chi connectivity index (χ4v) is 50.3. The van der Waals surface area contributed by atoms with E-state index in [-0.39, 0.29) is 0 Å². The smallest absolute Gasteiger partial charge is 0.184 e. The number of nitrogens with zero attached hydrogens (tertiary/aromatic N) is 2. The molecule has 0 N–H and O–H groups in total. The Morgan fingerprint density at radius 1 is 0.475 bits per heavy atom. The van der Waals surface area contributed by atoms with E-state index >= 15 is 0 Å². The lowest BCUT2D eigenvalue weighted by atomic mass is 10.4. The summed E-state index contributed by atoms with van der Waals surface area (Å²) in [5.41, 5.74) is 2.53. The lowest BCUT2D eigenvalue weighted by Gasteiger charge is -2.61. The molecule has 0 saturated heterocycles. The highest BCUT2D eigenvalue weighted by Gasteiger charge is 2.69. The second kappa shape index (κ2) is 13.2. The minimum absolute atomic E-state index is 1.01. The highest BCUT2D eigenvalue weighted by atomic mass is 29.6. The molecular formula is C35H46N2Si3. The summed E-state index contributed by atoms with van der Waals surface area (Å²) >= 11 is 0. The van der Waals surface area contributed by atoms with Gasteiger partial charge in [0.2, 0.25) is 0 Å². The summed E-state index contributed by atoms with van der Waals surface area (Å²) in [6, 6.07) is 46.2. The average Bonchev–Trinajstić information content (AvgIpc) is 3.03. The third kappa shape index (κ3) is 4.64. The maximum Gasteiger partial charge on any atom is 0.184 e. The summed E-state index contributed by atoms with van der Waals surface area (Å²) in [5.74, 6) is 0. The van der Waals surface area contributed by atoms with Gasteiger partial charge in [0.1, 0.15) is 7.11 Å². The molecule has 0 aliphatic rings. The molecular weight excluding hydrogens is 533 g/mol. The Morgan fingerprint density at radius 2 is 0.700 bits per heavy atom. The van der Waals surface area contributed by atoms with Crippen LogP contribution in [-0.4, -0.2) is 57.9 Å². The third-order valence-corrected chi connectivity index (χ3v) is 42.9. The van der Waals surface area contributed by atoms with Crippen LogP contribution in [0.2, 0.25) is 6.55 Å². The minimum Gasteiger partial charge on any atom is -0.319 e. The van der Waals surface area contributed by atoms with Crippen LogP contribution in [0.5, 0.6) is 0 Å². The Kier molecular flexibility index (Phi) is 9.98. The van der Waals surface area contributed by atoms with E-state index in [2.05, 4.69) is 170 Å². The molecule has 0 saturated carbocycles. The van der Waals surface area contributed by atoms with Gasteiger partial charge in [-0.3, -0.25) is 0 Å². The van der Waals surface area contributed by atoms with Gasteiger partial charge in [0.05, 0.1) is 0 Å². The van der Waals surface area contributed by atoms with Crippen LogP contribution in [0.3, 0.4) is 0 Å². The van der Waals surface area contributed by atoms with E-state index in [1.165, 1.54) is 20.7 Å². The Morgan fingerprint density at radius 3 is 0.875 bits per heavy atom. The normalized spacial score (nSPS) is 12.6. The summed E-state index contributed by atoms with van der Waals surface area (Å²) < 4.78 is 5.78. The summed E-state index contributed by atoms with van der Waals surface area (Å²) in [6.07, 6.45) is 0. The molecule has 0 spiro atoms. The number of benzene rings is 4. The molecule has 0 aliphatic carbocycles. The SMILES string of the molecule is C=C[Si](C)([Si](c1ccccc1)(c1ccccc1)N(CC)CC)[Si](c1ccccc1)(c1ccccc1)N(CC)CC. The molecule has 0 amide bonds. The van der Waals surface area contributed by atoms with E-state index < -0.39 is 22.6 Å². The van der Waals surface area contributed by atoms with Crippen LogP contribution in [0.15, 0.2) is 134 Å². The van der Waals surface area contributed by atoms with Gasteiger partial charge in [0.25, 0.3) is 0 Å². The molecule has 208 valence electrons. The molecule has 0 heterocycles. The van der Waals surface area contributed by atoms with E-state index in [9.17, 15) is 0 Å². The predicted octanol–water partition coefficient (Wildman–Crippen LogP) is 5.15. The van der Waals surface area contributed by atoms with Gasteiger partial charge in [-0.05, 0) is 46.9 Å². The zero-order valence-electron chi connectivity index (χ0n) is 25.1. The monoisotopic (exact) mass is 578 g/mol. The first-order valence-electron chi connectivity index (χ1n) is 14.9. The number of rotatable bonds is 13. The van der Waals surface area contributed by atoms with Gasteiger partial charge in [-0.25, -0.2) is 0 Å². The van der Waals surface area contributed by atoms with Gasteiger partial charge in [-0.15, -0.1) is 12.3 Å².